The van der Waals surface area contributed by atoms with Gasteiger partial charge in [-0.3, -0.25) is 4.79 Å². The lowest BCUT2D eigenvalue weighted by molar-refractivity contribution is 0.619. The van der Waals surface area contributed by atoms with E-state index in [1.165, 1.54) is 0 Å². The summed E-state index contributed by atoms with van der Waals surface area (Å²) in [5.74, 6) is 0.596. The summed E-state index contributed by atoms with van der Waals surface area (Å²) in [6.07, 6.45) is 0. The van der Waals surface area contributed by atoms with Crippen molar-refractivity contribution < 1.29 is 4.42 Å². The molecule has 0 aliphatic rings. The Bertz CT molecular complexity index is 804. The number of rotatable bonds is 2. The highest BCUT2D eigenvalue weighted by atomic mass is 16.3. The second kappa shape index (κ2) is 4.85. The lowest BCUT2D eigenvalue weighted by atomic mass is 10.1. The van der Waals surface area contributed by atoms with Gasteiger partial charge in [-0.15, -0.1) is 0 Å². The molecule has 2 aromatic carbocycles. The van der Waals surface area contributed by atoms with Gasteiger partial charge in [0, 0.05) is 37.5 Å². The van der Waals surface area contributed by atoms with E-state index in [2.05, 4.69) is 0 Å². The summed E-state index contributed by atoms with van der Waals surface area (Å²) in [5, 5.41) is 0.607. The molecule has 0 fully saturated rings. The quantitative estimate of drug-likeness (QED) is 0.710. The summed E-state index contributed by atoms with van der Waals surface area (Å²) in [5.41, 5.74) is 2.51. The SMILES string of the molecule is CN(C)c1ccc2c(=O)cc(-c3ccccc3)oc2c1. The molecule has 1 heterocycles. The molecule has 3 aromatic rings. The number of nitrogens with zero attached hydrogens (tertiary/aromatic N) is 1. The topological polar surface area (TPSA) is 33.5 Å². The van der Waals surface area contributed by atoms with Crippen LogP contribution in [0.3, 0.4) is 0 Å². The van der Waals surface area contributed by atoms with Crippen LogP contribution in [0.4, 0.5) is 5.69 Å². The molecule has 0 N–H and O–H groups in total. The van der Waals surface area contributed by atoms with Gasteiger partial charge in [-0.25, -0.2) is 0 Å². The molecule has 0 atom stereocenters. The van der Waals surface area contributed by atoms with Crippen molar-refractivity contribution in [3.05, 3.63) is 64.8 Å². The van der Waals surface area contributed by atoms with Crippen LogP contribution in [0, 0.1) is 0 Å². The minimum absolute atomic E-state index is 0.0181. The molecule has 0 saturated carbocycles. The van der Waals surface area contributed by atoms with Crippen molar-refractivity contribution in [2.45, 2.75) is 0 Å². The second-order valence-electron chi connectivity index (χ2n) is 4.92. The van der Waals surface area contributed by atoms with Crippen LogP contribution in [-0.4, -0.2) is 14.1 Å². The average molecular weight is 265 g/mol. The molecule has 3 nitrogen and oxygen atoms in total. The maximum Gasteiger partial charge on any atom is 0.193 e. The van der Waals surface area contributed by atoms with Crippen molar-refractivity contribution in [2.24, 2.45) is 0 Å². The maximum absolute atomic E-state index is 12.2. The predicted octanol–water partition coefficient (Wildman–Crippen LogP) is 3.53. The first-order chi connectivity index (χ1) is 9.65. The summed E-state index contributed by atoms with van der Waals surface area (Å²) in [7, 11) is 3.92. The van der Waals surface area contributed by atoms with Gasteiger partial charge >= 0.3 is 0 Å². The van der Waals surface area contributed by atoms with Gasteiger partial charge in [0.25, 0.3) is 0 Å². The molecule has 1 aromatic heterocycles. The average Bonchev–Trinajstić information content (AvgIpc) is 2.47. The zero-order chi connectivity index (χ0) is 14.1. The molecule has 3 heteroatoms. The highest BCUT2D eigenvalue weighted by molar-refractivity contribution is 5.82. The highest BCUT2D eigenvalue weighted by Crippen LogP contribution is 2.24. The fourth-order valence-corrected chi connectivity index (χ4v) is 2.17. The lowest BCUT2D eigenvalue weighted by Crippen LogP contribution is -2.09. The zero-order valence-corrected chi connectivity index (χ0v) is 11.5. The Morgan fingerprint density at radius 3 is 2.40 bits per heavy atom. The Morgan fingerprint density at radius 2 is 1.70 bits per heavy atom. The van der Waals surface area contributed by atoms with Gasteiger partial charge in [-0.05, 0) is 12.1 Å². The Kier molecular flexibility index (Phi) is 3.03. The third-order valence-electron chi connectivity index (χ3n) is 3.29. The molecule has 0 unspecified atom stereocenters. The van der Waals surface area contributed by atoms with Gasteiger partial charge in [0.05, 0.1) is 5.39 Å². The Morgan fingerprint density at radius 1 is 0.950 bits per heavy atom. The monoisotopic (exact) mass is 265 g/mol. The van der Waals surface area contributed by atoms with E-state index >= 15 is 0 Å². The summed E-state index contributed by atoms with van der Waals surface area (Å²) in [6.45, 7) is 0. The zero-order valence-electron chi connectivity index (χ0n) is 11.5. The molecule has 0 bridgehead atoms. The molecule has 0 aliphatic heterocycles. The standard InChI is InChI=1S/C17H15NO2/c1-18(2)13-8-9-14-15(19)11-16(20-17(14)10-13)12-6-4-3-5-7-12/h3-11H,1-2H3. The van der Waals surface area contributed by atoms with Crippen LogP contribution in [0.25, 0.3) is 22.3 Å². The second-order valence-corrected chi connectivity index (χ2v) is 4.92. The number of hydrogen-bond donors (Lipinski definition) is 0. The fourth-order valence-electron chi connectivity index (χ4n) is 2.17. The van der Waals surface area contributed by atoms with E-state index in [0.29, 0.717) is 16.7 Å². The molecular formula is C17H15NO2. The molecule has 0 spiro atoms. The summed E-state index contributed by atoms with van der Waals surface area (Å²) in [4.78, 5) is 14.2. The van der Waals surface area contributed by atoms with Crippen LogP contribution in [-0.2, 0) is 0 Å². The van der Waals surface area contributed by atoms with Gasteiger partial charge in [0.15, 0.2) is 5.43 Å². The first kappa shape index (κ1) is 12.5. The van der Waals surface area contributed by atoms with E-state index in [1.807, 2.05) is 67.5 Å². The van der Waals surface area contributed by atoms with Crippen LogP contribution in [0.5, 0.6) is 0 Å². The third-order valence-corrected chi connectivity index (χ3v) is 3.29. The molecule has 0 radical (unpaired) electrons. The minimum Gasteiger partial charge on any atom is -0.456 e. The maximum atomic E-state index is 12.2. The van der Waals surface area contributed by atoms with Gasteiger partial charge < -0.3 is 9.32 Å². The normalized spacial score (nSPS) is 10.7. The third kappa shape index (κ3) is 2.18. The Hall–Kier alpha value is -2.55. The van der Waals surface area contributed by atoms with E-state index in [0.717, 1.165) is 11.3 Å². The van der Waals surface area contributed by atoms with Crippen molar-refractivity contribution in [3.8, 4) is 11.3 Å². The minimum atomic E-state index is -0.0181. The number of anilines is 1. The van der Waals surface area contributed by atoms with Crippen LogP contribution >= 0.6 is 0 Å². The van der Waals surface area contributed by atoms with Gasteiger partial charge in [-0.2, -0.15) is 0 Å². The van der Waals surface area contributed by atoms with Crippen LogP contribution < -0.4 is 10.3 Å². The predicted molar refractivity (Wildman–Crippen MR) is 82.2 cm³/mol. The van der Waals surface area contributed by atoms with Crippen molar-refractivity contribution in [1.29, 1.82) is 0 Å². The molecule has 20 heavy (non-hydrogen) atoms. The highest BCUT2D eigenvalue weighted by Gasteiger charge is 2.08. The van der Waals surface area contributed by atoms with E-state index < -0.39 is 0 Å². The van der Waals surface area contributed by atoms with Crippen molar-refractivity contribution in [2.75, 3.05) is 19.0 Å². The van der Waals surface area contributed by atoms with Crippen molar-refractivity contribution >= 4 is 16.7 Å². The Labute approximate surface area is 117 Å². The summed E-state index contributed by atoms with van der Waals surface area (Å²) >= 11 is 0. The molecule has 0 aliphatic carbocycles. The van der Waals surface area contributed by atoms with E-state index in [1.54, 1.807) is 6.07 Å². The van der Waals surface area contributed by atoms with E-state index in [4.69, 9.17) is 4.42 Å². The lowest BCUT2D eigenvalue weighted by Gasteiger charge is -2.12. The van der Waals surface area contributed by atoms with E-state index in [9.17, 15) is 4.79 Å². The molecule has 0 saturated heterocycles. The molecular weight excluding hydrogens is 250 g/mol. The first-order valence-electron chi connectivity index (χ1n) is 6.46. The van der Waals surface area contributed by atoms with Crippen molar-refractivity contribution in [3.63, 3.8) is 0 Å². The van der Waals surface area contributed by atoms with Crippen LogP contribution in [0.2, 0.25) is 0 Å². The Balaban J connectivity index is 2.24. The molecule has 100 valence electrons. The number of fused-ring (bicyclic) bond motifs is 1. The van der Waals surface area contributed by atoms with Crippen LogP contribution in [0.1, 0.15) is 0 Å². The van der Waals surface area contributed by atoms with Gasteiger partial charge in [0.1, 0.15) is 11.3 Å². The summed E-state index contributed by atoms with van der Waals surface area (Å²) in [6, 6.07) is 16.8. The summed E-state index contributed by atoms with van der Waals surface area (Å²) < 4.78 is 5.89. The molecule has 0 amide bonds. The largest absolute Gasteiger partial charge is 0.456 e. The van der Waals surface area contributed by atoms with Crippen molar-refractivity contribution in [1.82, 2.24) is 0 Å². The van der Waals surface area contributed by atoms with E-state index in [-0.39, 0.29) is 5.43 Å². The fraction of sp³-hybridized carbons (Fsp3) is 0.118. The van der Waals surface area contributed by atoms with Crippen LogP contribution in [0.15, 0.2) is 63.8 Å². The smallest absolute Gasteiger partial charge is 0.193 e. The van der Waals surface area contributed by atoms with Gasteiger partial charge in [0.2, 0.25) is 0 Å². The number of benzene rings is 2. The number of hydrogen-bond acceptors (Lipinski definition) is 3. The first-order valence-corrected chi connectivity index (χ1v) is 6.46. The van der Waals surface area contributed by atoms with Gasteiger partial charge in [-0.1, -0.05) is 30.3 Å². The molecule has 3 rings (SSSR count).